The van der Waals surface area contributed by atoms with Crippen LogP contribution in [-0.2, 0) is 65.4 Å². The highest BCUT2D eigenvalue weighted by molar-refractivity contribution is 7.47. The van der Waals surface area contributed by atoms with Crippen LogP contribution in [0.15, 0.2) is 0 Å². The van der Waals surface area contributed by atoms with Gasteiger partial charge in [0.05, 0.1) is 26.4 Å². The lowest BCUT2D eigenvalue weighted by atomic mass is 10.0. The zero-order valence-electron chi connectivity index (χ0n) is 59.5. The minimum atomic E-state index is -4.95. The third kappa shape index (κ3) is 66.5. The van der Waals surface area contributed by atoms with E-state index >= 15 is 0 Å². The van der Waals surface area contributed by atoms with Crippen molar-refractivity contribution < 1.29 is 80.2 Å². The first kappa shape index (κ1) is 89.1. The van der Waals surface area contributed by atoms with E-state index < -0.39 is 97.5 Å². The van der Waals surface area contributed by atoms with Crippen LogP contribution in [-0.4, -0.2) is 96.7 Å². The summed E-state index contributed by atoms with van der Waals surface area (Å²) in [6.45, 7) is 14.1. The number of aliphatic hydroxyl groups excluding tert-OH is 1. The van der Waals surface area contributed by atoms with E-state index in [4.69, 9.17) is 37.0 Å². The molecule has 0 heterocycles. The van der Waals surface area contributed by atoms with Crippen molar-refractivity contribution in [3.63, 3.8) is 0 Å². The second-order valence-corrected chi connectivity index (χ2v) is 30.8. The Balaban J connectivity index is 5.25. The number of ether oxygens (including phenoxy) is 4. The van der Waals surface area contributed by atoms with Gasteiger partial charge in [-0.2, -0.15) is 0 Å². The van der Waals surface area contributed by atoms with Crippen LogP contribution in [0.1, 0.15) is 357 Å². The summed E-state index contributed by atoms with van der Waals surface area (Å²) in [6.07, 6.45) is 44.5. The highest BCUT2D eigenvalue weighted by atomic mass is 31.2. The zero-order chi connectivity index (χ0) is 67.5. The second kappa shape index (κ2) is 61.6. The highest BCUT2D eigenvalue weighted by Gasteiger charge is 2.30. The maximum atomic E-state index is 13.0. The third-order valence-electron chi connectivity index (χ3n) is 16.6. The van der Waals surface area contributed by atoms with Crippen LogP contribution in [0.2, 0.25) is 0 Å². The molecular weight excluding hydrogens is 1200 g/mol. The number of phosphoric acid groups is 2. The minimum absolute atomic E-state index is 0.105. The lowest BCUT2D eigenvalue weighted by Gasteiger charge is -2.21. The van der Waals surface area contributed by atoms with Crippen LogP contribution in [0.3, 0.4) is 0 Å². The first-order valence-corrected chi connectivity index (χ1v) is 40.2. The van der Waals surface area contributed by atoms with Crippen LogP contribution in [0.25, 0.3) is 0 Å². The average molecular weight is 1340 g/mol. The molecule has 0 spiro atoms. The predicted octanol–water partition coefficient (Wildman–Crippen LogP) is 20.5. The Bertz CT molecular complexity index is 1800. The molecule has 0 aliphatic heterocycles. The summed E-state index contributed by atoms with van der Waals surface area (Å²) in [4.78, 5) is 72.6. The molecule has 0 aromatic heterocycles. The Hall–Kier alpha value is -1.94. The van der Waals surface area contributed by atoms with Crippen LogP contribution >= 0.6 is 15.6 Å². The molecular formula is C72H140O17P2. The number of esters is 4. The lowest BCUT2D eigenvalue weighted by Crippen LogP contribution is -2.30. The van der Waals surface area contributed by atoms with Gasteiger partial charge in [-0.3, -0.25) is 37.3 Å². The van der Waals surface area contributed by atoms with E-state index in [-0.39, 0.29) is 25.7 Å². The maximum Gasteiger partial charge on any atom is 0.472 e. The fraction of sp³-hybridized carbons (Fsp3) is 0.944. The number of unbranched alkanes of at least 4 members (excludes halogenated alkanes) is 35. The molecule has 0 aliphatic carbocycles. The summed E-state index contributed by atoms with van der Waals surface area (Å²) in [5, 5.41) is 10.6. The standard InChI is InChI=1S/C72H140O17P2/c1-62(2)48-40-32-24-18-12-9-15-21-27-36-44-52-69(74)82-58-67(88-71(76)54-46-38-28-22-16-10-13-19-25-33-41-49-63(3)4)60-86-90(78,79)84-56-66(73)57-85-91(80,81)87-61-68(59-83-70(75)53-45-37-31-30-35-43-51-65(7)8)89-72(77)55-47-39-29-23-17-11-14-20-26-34-42-50-64(5)6/h62-68,73H,9-61H2,1-8H3,(H,78,79)(H,80,81)/t66-,67-,68-/m1/s1. The SMILES string of the molecule is CC(C)CCCCCCCCCCCCCC(=O)OC[C@H](COP(=O)(O)OC[C@@H](O)COP(=O)(O)OC[C@@H](COC(=O)CCCCCCCCC(C)C)OC(=O)CCCCCCCCCCCCCC(C)C)OC(=O)CCCCCCCCCCCCCC(C)C. The van der Waals surface area contributed by atoms with Gasteiger partial charge in [0.15, 0.2) is 12.2 Å². The molecule has 0 amide bonds. The molecule has 0 rings (SSSR count). The molecule has 540 valence electrons. The minimum Gasteiger partial charge on any atom is -0.462 e. The fourth-order valence-corrected chi connectivity index (χ4v) is 12.4. The zero-order valence-corrected chi connectivity index (χ0v) is 61.3. The Morgan fingerprint density at radius 3 is 0.681 bits per heavy atom. The van der Waals surface area contributed by atoms with Gasteiger partial charge in [-0.25, -0.2) is 9.13 Å². The largest absolute Gasteiger partial charge is 0.472 e. The third-order valence-corrected chi connectivity index (χ3v) is 18.5. The topological polar surface area (TPSA) is 237 Å². The molecule has 5 atom stereocenters. The number of hydrogen-bond donors (Lipinski definition) is 3. The Labute approximate surface area is 556 Å². The molecule has 0 saturated heterocycles. The summed E-state index contributed by atoms with van der Waals surface area (Å²) < 4.78 is 68.4. The molecule has 91 heavy (non-hydrogen) atoms. The van der Waals surface area contributed by atoms with E-state index in [9.17, 15) is 43.2 Å². The van der Waals surface area contributed by atoms with Crippen LogP contribution in [0, 0.1) is 23.7 Å². The molecule has 3 N–H and O–H groups in total. The van der Waals surface area contributed by atoms with Crippen molar-refractivity contribution in [1.82, 2.24) is 0 Å². The van der Waals surface area contributed by atoms with Crippen molar-refractivity contribution in [3.05, 3.63) is 0 Å². The fourth-order valence-electron chi connectivity index (χ4n) is 10.8. The monoisotopic (exact) mass is 1340 g/mol. The van der Waals surface area contributed by atoms with Crippen molar-refractivity contribution in [2.75, 3.05) is 39.6 Å². The van der Waals surface area contributed by atoms with Crippen LogP contribution in [0.5, 0.6) is 0 Å². The van der Waals surface area contributed by atoms with E-state index in [1.54, 1.807) is 0 Å². The normalized spacial score (nSPS) is 14.2. The molecule has 19 heteroatoms. The molecule has 0 fully saturated rings. The second-order valence-electron chi connectivity index (χ2n) is 27.9. The molecule has 0 saturated carbocycles. The molecule has 0 aromatic rings. The van der Waals surface area contributed by atoms with Gasteiger partial charge in [-0.05, 0) is 49.4 Å². The van der Waals surface area contributed by atoms with E-state index in [1.165, 1.54) is 154 Å². The Morgan fingerprint density at radius 2 is 0.462 bits per heavy atom. The highest BCUT2D eigenvalue weighted by Crippen LogP contribution is 2.45. The predicted molar refractivity (Wildman–Crippen MR) is 367 cm³/mol. The molecule has 0 bridgehead atoms. The number of rotatable bonds is 69. The maximum absolute atomic E-state index is 13.0. The van der Waals surface area contributed by atoms with Gasteiger partial charge in [0.2, 0.25) is 0 Å². The van der Waals surface area contributed by atoms with Crippen LogP contribution < -0.4 is 0 Å². The number of phosphoric ester groups is 2. The average Bonchev–Trinajstić information content (AvgIpc) is 1.98. The number of hydrogen-bond acceptors (Lipinski definition) is 15. The summed E-state index contributed by atoms with van der Waals surface area (Å²) in [5.74, 6) is 0.854. The van der Waals surface area contributed by atoms with E-state index in [0.29, 0.717) is 31.6 Å². The molecule has 0 aromatic carbocycles. The Kier molecular flexibility index (Phi) is 60.3. The first-order valence-electron chi connectivity index (χ1n) is 37.2. The van der Waals surface area contributed by atoms with Gasteiger partial charge < -0.3 is 33.8 Å². The number of carbonyl (C=O) groups is 4. The van der Waals surface area contributed by atoms with E-state index in [1.807, 2.05) is 0 Å². The van der Waals surface area contributed by atoms with Gasteiger partial charge in [0.1, 0.15) is 19.3 Å². The number of aliphatic hydroxyl groups is 1. The van der Waals surface area contributed by atoms with Crippen molar-refractivity contribution >= 4 is 39.5 Å². The smallest absolute Gasteiger partial charge is 0.462 e. The first-order chi connectivity index (χ1) is 43.6. The van der Waals surface area contributed by atoms with Crippen LogP contribution in [0.4, 0.5) is 0 Å². The molecule has 17 nitrogen and oxygen atoms in total. The van der Waals surface area contributed by atoms with E-state index in [2.05, 4.69) is 55.4 Å². The molecule has 0 radical (unpaired) electrons. The van der Waals surface area contributed by atoms with Crippen molar-refractivity contribution in [2.24, 2.45) is 23.7 Å². The van der Waals surface area contributed by atoms with Gasteiger partial charge in [-0.15, -0.1) is 0 Å². The van der Waals surface area contributed by atoms with Crippen molar-refractivity contribution in [1.29, 1.82) is 0 Å². The summed E-state index contributed by atoms with van der Waals surface area (Å²) in [7, 11) is -9.91. The van der Waals surface area contributed by atoms with Gasteiger partial charge in [0.25, 0.3) is 0 Å². The lowest BCUT2D eigenvalue weighted by molar-refractivity contribution is -0.161. The summed E-state index contributed by atoms with van der Waals surface area (Å²) in [6, 6.07) is 0. The quantitative estimate of drug-likeness (QED) is 0.0222. The molecule has 2 unspecified atom stereocenters. The van der Waals surface area contributed by atoms with E-state index in [0.717, 1.165) is 114 Å². The van der Waals surface area contributed by atoms with Crippen molar-refractivity contribution in [2.45, 2.75) is 375 Å². The summed E-state index contributed by atoms with van der Waals surface area (Å²) in [5.41, 5.74) is 0. The van der Waals surface area contributed by atoms with Gasteiger partial charge in [-0.1, -0.05) is 306 Å². The van der Waals surface area contributed by atoms with Gasteiger partial charge in [0, 0.05) is 25.7 Å². The van der Waals surface area contributed by atoms with Crippen molar-refractivity contribution in [3.8, 4) is 0 Å². The molecule has 0 aliphatic rings. The van der Waals surface area contributed by atoms with Gasteiger partial charge >= 0.3 is 39.5 Å². The number of carbonyl (C=O) groups excluding carboxylic acids is 4. The summed E-state index contributed by atoms with van der Waals surface area (Å²) >= 11 is 0. The Morgan fingerprint density at radius 1 is 0.275 bits per heavy atom.